The van der Waals surface area contributed by atoms with Gasteiger partial charge in [-0.15, -0.1) is 0 Å². The van der Waals surface area contributed by atoms with Gasteiger partial charge in [0.15, 0.2) is 0 Å². The number of rotatable bonds is 4. The Bertz CT molecular complexity index is 323. The van der Waals surface area contributed by atoms with Gasteiger partial charge >= 0.3 is 5.97 Å². The van der Waals surface area contributed by atoms with Gasteiger partial charge in [-0.25, -0.2) is 0 Å². The van der Waals surface area contributed by atoms with Crippen molar-refractivity contribution in [3.8, 4) is 0 Å². The van der Waals surface area contributed by atoms with E-state index < -0.39 is 5.97 Å². The molecular formula is C11H15NO2. The Morgan fingerprint density at radius 3 is 2.86 bits per heavy atom. The van der Waals surface area contributed by atoms with Crippen LogP contribution in [0.15, 0.2) is 24.3 Å². The molecule has 0 aromatic heterocycles. The van der Waals surface area contributed by atoms with Crippen molar-refractivity contribution < 1.29 is 9.90 Å². The van der Waals surface area contributed by atoms with Gasteiger partial charge in [0.25, 0.3) is 0 Å². The van der Waals surface area contributed by atoms with E-state index in [1.807, 2.05) is 25.1 Å². The summed E-state index contributed by atoms with van der Waals surface area (Å²) in [5, 5.41) is 8.62. The van der Waals surface area contributed by atoms with E-state index in [0.29, 0.717) is 0 Å². The molecular weight excluding hydrogens is 178 g/mol. The maximum Gasteiger partial charge on any atom is 0.307 e. The fraction of sp³-hybridized carbons (Fsp3) is 0.364. The fourth-order valence-corrected chi connectivity index (χ4v) is 1.34. The highest BCUT2D eigenvalue weighted by molar-refractivity contribution is 5.70. The molecule has 0 bridgehead atoms. The molecule has 0 aliphatic carbocycles. The summed E-state index contributed by atoms with van der Waals surface area (Å²) in [5.74, 6) is -0.813. The zero-order valence-corrected chi connectivity index (χ0v) is 8.23. The van der Waals surface area contributed by atoms with Crippen molar-refractivity contribution >= 4 is 5.97 Å². The molecule has 1 aromatic carbocycles. The van der Waals surface area contributed by atoms with Gasteiger partial charge in [0, 0.05) is 6.04 Å². The Kier molecular flexibility index (Phi) is 3.65. The van der Waals surface area contributed by atoms with E-state index in [4.69, 9.17) is 10.8 Å². The Hall–Kier alpha value is -1.35. The van der Waals surface area contributed by atoms with E-state index in [1.165, 1.54) is 0 Å². The van der Waals surface area contributed by atoms with Crippen LogP contribution < -0.4 is 5.73 Å². The molecule has 1 atom stereocenters. The van der Waals surface area contributed by atoms with E-state index in [0.717, 1.165) is 17.5 Å². The highest BCUT2D eigenvalue weighted by Crippen LogP contribution is 2.15. The van der Waals surface area contributed by atoms with Gasteiger partial charge < -0.3 is 10.8 Å². The third-order valence-corrected chi connectivity index (χ3v) is 2.17. The van der Waals surface area contributed by atoms with Crippen molar-refractivity contribution in [2.24, 2.45) is 5.73 Å². The van der Waals surface area contributed by atoms with Crippen LogP contribution in [0.25, 0.3) is 0 Å². The molecule has 0 saturated heterocycles. The molecule has 1 unspecified atom stereocenters. The molecule has 0 amide bonds. The molecule has 0 fully saturated rings. The van der Waals surface area contributed by atoms with Crippen LogP contribution in [0.5, 0.6) is 0 Å². The molecule has 3 nitrogen and oxygen atoms in total. The van der Waals surface area contributed by atoms with Crippen LogP contribution in [0, 0.1) is 0 Å². The standard InChI is InChI=1S/C11H15NO2/c1-2-10(12)9-5-3-4-8(6-9)7-11(13)14/h3-6,10H,2,7,12H2,1H3,(H,13,14). The molecule has 3 heteroatoms. The topological polar surface area (TPSA) is 63.3 Å². The monoisotopic (exact) mass is 193 g/mol. The number of carboxylic acid groups (broad SMARTS) is 1. The van der Waals surface area contributed by atoms with Crippen molar-refractivity contribution in [3.63, 3.8) is 0 Å². The Morgan fingerprint density at radius 2 is 2.29 bits per heavy atom. The first-order chi connectivity index (χ1) is 6.63. The van der Waals surface area contributed by atoms with Gasteiger partial charge in [-0.2, -0.15) is 0 Å². The SMILES string of the molecule is CCC(N)c1cccc(CC(=O)O)c1. The summed E-state index contributed by atoms with van der Waals surface area (Å²) in [5.41, 5.74) is 7.66. The van der Waals surface area contributed by atoms with E-state index in [-0.39, 0.29) is 12.5 Å². The molecule has 0 radical (unpaired) electrons. The minimum absolute atomic E-state index is 0.00347. The largest absolute Gasteiger partial charge is 0.481 e. The molecule has 0 saturated carbocycles. The number of carbonyl (C=O) groups is 1. The van der Waals surface area contributed by atoms with E-state index >= 15 is 0 Å². The van der Waals surface area contributed by atoms with E-state index in [1.54, 1.807) is 6.07 Å². The van der Waals surface area contributed by atoms with Crippen molar-refractivity contribution in [2.75, 3.05) is 0 Å². The fourth-order valence-electron chi connectivity index (χ4n) is 1.34. The van der Waals surface area contributed by atoms with Crippen LogP contribution in [-0.4, -0.2) is 11.1 Å². The summed E-state index contributed by atoms with van der Waals surface area (Å²) >= 11 is 0. The highest BCUT2D eigenvalue weighted by atomic mass is 16.4. The van der Waals surface area contributed by atoms with Crippen LogP contribution >= 0.6 is 0 Å². The molecule has 76 valence electrons. The second-order valence-electron chi connectivity index (χ2n) is 3.33. The maximum absolute atomic E-state index is 10.5. The predicted molar refractivity (Wildman–Crippen MR) is 55.0 cm³/mol. The zero-order chi connectivity index (χ0) is 10.6. The van der Waals surface area contributed by atoms with E-state index in [9.17, 15) is 4.79 Å². The maximum atomic E-state index is 10.5. The van der Waals surface area contributed by atoms with Crippen molar-refractivity contribution in [2.45, 2.75) is 25.8 Å². The summed E-state index contributed by atoms with van der Waals surface area (Å²) in [6.07, 6.45) is 0.917. The Balaban J connectivity index is 2.83. The number of benzene rings is 1. The second-order valence-corrected chi connectivity index (χ2v) is 3.33. The lowest BCUT2D eigenvalue weighted by Crippen LogP contribution is -2.09. The predicted octanol–water partition coefficient (Wildman–Crippen LogP) is 1.72. The smallest absolute Gasteiger partial charge is 0.307 e. The minimum Gasteiger partial charge on any atom is -0.481 e. The third-order valence-electron chi connectivity index (χ3n) is 2.17. The van der Waals surface area contributed by atoms with Gasteiger partial charge in [0.05, 0.1) is 6.42 Å². The van der Waals surface area contributed by atoms with E-state index in [2.05, 4.69) is 0 Å². The van der Waals surface area contributed by atoms with Crippen LogP contribution in [0.1, 0.15) is 30.5 Å². The van der Waals surface area contributed by atoms with Crippen LogP contribution in [0.2, 0.25) is 0 Å². The Morgan fingerprint density at radius 1 is 1.57 bits per heavy atom. The quantitative estimate of drug-likeness (QED) is 0.765. The lowest BCUT2D eigenvalue weighted by Gasteiger charge is -2.09. The average molecular weight is 193 g/mol. The summed E-state index contributed by atoms with van der Waals surface area (Å²) in [4.78, 5) is 10.5. The second kappa shape index (κ2) is 4.77. The molecule has 0 aliphatic rings. The molecule has 1 rings (SSSR count). The third kappa shape index (κ3) is 2.85. The number of hydrogen-bond donors (Lipinski definition) is 2. The lowest BCUT2D eigenvalue weighted by molar-refractivity contribution is -0.136. The number of carboxylic acids is 1. The minimum atomic E-state index is -0.813. The van der Waals surface area contributed by atoms with Crippen molar-refractivity contribution in [1.29, 1.82) is 0 Å². The molecule has 0 aliphatic heterocycles. The molecule has 1 aromatic rings. The summed E-state index contributed by atoms with van der Waals surface area (Å²) < 4.78 is 0. The number of aliphatic carboxylic acids is 1. The first-order valence-corrected chi connectivity index (χ1v) is 4.69. The molecule has 0 spiro atoms. The van der Waals surface area contributed by atoms with Crippen molar-refractivity contribution in [1.82, 2.24) is 0 Å². The average Bonchev–Trinajstić information content (AvgIpc) is 2.16. The van der Waals surface area contributed by atoms with Crippen LogP contribution in [0.4, 0.5) is 0 Å². The molecule has 0 heterocycles. The highest BCUT2D eigenvalue weighted by Gasteiger charge is 2.05. The first kappa shape index (κ1) is 10.7. The van der Waals surface area contributed by atoms with Crippen LogP contribution in [-0.2, 0) is 11.2 Å². The summed E-state index contributed by atoms with van der Waals surface area (Å²) in [7, 11) is 0. The summed E-state index contributed by atoms with van der Waals surface area (Å²) in [6.45, 7) is 2.01. The number of hydrogen-bond acceptors (Lipinski definition) is 2. The molecule has 14 heavy (non-hydrogen) atoms. The molecule has 3 N–H and O–H groups in total. The lowest BCUT2D eigenvalue weighted by atomic mass is 10.0. The van der Waals surface area contributed by atoms with Gasteiger partial charge in [0.2, 0.25) is 0 Å². The van der Waals surface area contributed by atoms with Crippen LogP contribution in [0.3, 0.4) is 0 Å². The van der Waals surface area contributed by atoms with Gasteiger partial charge in [-0.1, -0.05) is 31.2 Å². The van der Waals surface area contributed by atoms with Gasteiger partial charge in [0.1, 0.15) is 0 Å². The first-order valence-electron chi connectivity index (χ1n) is 4.69. The zero-order valence-electron chi connectivity index (χ0n) is 8.23. The Labute approximate surface area is 83.6 Å². The summed E-state index contributed by atoms with van der Waals surface area (Å²) in [6, 6.07) is 7.45. The van der Waals surface area contributed by atoms with Gasteiger partial charge in [-0.3, -0.25) is 4.79 Å². The number of nitrogens with two attached hydrogens (primary N) is 1. The van der Waals surface area contributed by atoms with Gasteiger partial charge in [-0.05, 0) is 17.5 Å². The van der Waals surface area contributed by atoms with Crippen molar-refractivity contribution in [3.05, 3.63) is 35.4 Å². The normalized spacial score (nSPS) is 12.4.